The van der Waals surface area contributed by atoms with Gasteiger partial charge < -0.3 is 25.1 Å². The molecular formula is C19H26N6O2. The number of aromatic amines is 1. The van der Waals surface area contributed by atoms with Crippen LogP contribution in [0.3, 0.4) is 0 Å². The van der Waals surface area contributed by atoms with Gasteiger partial charge in [-0.25, -0.2) is 4.98 Å². The number of rotatable bonds is 5. The van der Waals surface area contributed by atoms with Crippen LogP contribution in [-0.4, -0.2) is 60.4 Å². The summed E-state index contributed by atoms with van der Waals surface area (Å²) in [6, 6.07) is 4.25. The first kappa shape index (κ1) is 17.9. The Kier molecular flexibility index (Phi) is 5.35. The van der Waals surface area contributed by atoms with E-state index in [4.69, 9.17) is 19.9 Å². The van der Waals surface area contributed by atoms with Crippen molar-refractivity contribution in [2.45, 2.75) is 31.7 Å². The maximum atomic E-state index is 8.02. The minimum absolute atomic E-state index is 0.257. The molecule has 2 aliphatic rings. The minimum atomic E-state index is 0.257. The third-order valence-corrected chi connectivity index (χ3v) is 5.24. The Morgan fingerprint density at radius 3 is 2.93 bits per heavy atom. The number of nitrogens with one attached hydrogen (secondary N) is 3. The van der Waals surface area contributed by atoms with Crippen LogP contribution in [0.25, 0.3) is 0 Å². The summed E-state index contributed by atoms with van der Waals surface area (Å²) in [5.74, 6) is 2.62. The molecule has 144 valence electrons. The van der Waals surface area contributed by atoms with Crippen molar-refractivity contribution in [2.75, 3.05) is 43.2 Å². The average Bonchev–Trinajstić information content (AvgIpc) is 3.21. The Morgan fingerprint density at radius 2 is 2.22 bits per heavy atom. The van der Waals surface area contributed by atoms with Gasteiger partial charge in [0, 0.05) is 36.9 Å². The highest BCUT2D eigenvalue weighted by molar-refractivity contribution is 5.88. The molecule has 8 heteroatoms. The van der Waals surface area contributed by atoms with E-state index in [1.54, 1.807) is 6.20 Å². The first-order valence-corrected chi connectivity index (χ1v) is 9.50. The number of hydrogen-bond acceptors (Lipinski definition) is 7. The second-order valence-electron chi connectivity index (χ2n) is 7.10. The number of anilines is 3. The first-order chi connectivity index (χ1) is 13.3. The van der Waals surface area contributed by atoms with E-state index in [-0.39, 0.29) is 12.0 Å². The molecule has 2 aromatic heterocycles. The predicted molar refractivity (Wildman–Crippen MR) is 104 cm³/mol. The van der Waals surface area contributed by atoms with Gasteiger partial charge in [0.05, 0.1) is 32.1 Å². The molecule has 2 fully saturated rings. The van der Waals surface area contributed by atoms with Crippen LogP contribution in [-0.2, 0) is 9.47 Å². The molecule has 4 heterocycles. The van der Waals surface area contributed by atoms with Crippen molar-refractivity contribution in [3.63, 3.8) is 0 Å². The van der Waals surface area contributed by atoms with Gasteiger partial charge in [0.1, 0.15) is 17.5 Å². The number of morpholine rings is 1. The lowest BCUT2D eigenvalue weighted by atomic mass is 9.90. The Balaban J connectivity index is 1.77. The van der Waals surface area contributed by atoms with Crippen LogP contribution in [0.2, 0.25) is 0 Å². The van der Waals surface area contributed by atoms with Crippen molar-refractivity contribution in [2.24, 2.45) is 0 Å². The summed E-state index contributed by atoms with van der Waals surface area (Å²) in [5, 5.41) is 18.2. The Bertz CT molecular complexity index is 773. The largest absolute Gasteiger partial charge is 0.381 e. The standard InChI is InChI=1S/C19H26N6O2/c1-13-11-27-8-6-25(13)18-9-15(14-3-2-7-26-12-14)16(10-20)19(23-18)22-17-4-5-21-24-17/h4-5,9-10,13-14,20H,2-3,6-8,11-12H2,1H3,(H2,21,22,23,24)/t13-,14?/m1/s1. The highest BCUT2D eigenvalue weighted by atomic mass is 16.5. The third-order valence-electron chi connectivity index (χ3n) is 5.24. The van der Waals surface area contributed by atoms with E-state index in [9.17, 15) is 0 Å². The van der Waals surface area contributed by atoms with E-state index in [1.807, 2.05) is 6.07 Å². The predicted octanol–water partition coefficient (Wildman–Crippen LogP) is 2.67. The molecule has 1 unspecified atom stereocenters. The fourth-order valence-corrected chi connectivity index (χ4v) is 3.80. The van der Waals surface area contributed by atoms with Gasteiger partial charge in [-0.1, -0.05) is 0 Å². The summed E-state index contributed by atoms with van der Waals surface area (Å²) in [4.78, 5) is 7.15. The summed E-state index contributed by atoms with van der Waals surface area (Å²) >= 11 is 0. The van der Waals surface area contributed by atoms with Gasteiger partial charge in [-0.05, 0) is 31.4 Å². The molecule has 0 aliphatic carbocycles. The van der Waals surface area contributed by atoms with Crippen molar-refractivity contribution < 1.29 is 9.47 Å². The second-order valence-corrected chi connectivity index (χ2v) is 7.10. The highest BCUT2D eigenvalue weighted by Crippen LogP contribution is 2.34. The summed E-state index contributed by atoms with van der Waals surface area (Å²) in [5.41, 5.74) is 1.93. The molecule has 8 nitrogen and oxygen atoms in total. The maximum Gasteiger partial charge on any atom is 0.143 e. The maximum absolute atomic E-state index is 8.02. The monoisotopic (exact) mass is 370 g/mol. The topological polar surface area (TPSA) is 99.1 Å². The summed E-state index contributed by atoms with van der Waals surface area (Å²) in [6.07, 6.45) is 5.18. The normalized spacial score (nSPS) is 23.2. The minimum Gasteiger partial charge on any atom is -0.381 e. The summed E-state index contributed by atoms with van der Waals surface area (Å²) < 4.78 is 11.3. The zero-order valence-corrected chi connectivity index (χ0v) is 15.6. The molecule has 2 saturated heterocycles. The van der Waals surface area contributed by atoms with Crippen LogP contribution in [0.5, 0.6) is 0 Å². The van der Waals surface area contributed by atoms with Crippen LogP contribution in [0.4, 0.5) is 17.5 Å². The number of pyridine rings is 1. The Hall–Kier alpha value is -2.45. The van der Waals surface area contributed by atoms with E-state index in [0.717, 1.165) is 48.8 Å². The van der Waals surface area contributed by atoms with E-state index in [1.165, 1.54) is 6.21 Å². The van der Waals surface area contributed by atoms with Crippen LogP contribution in [0.15, 0.2) is 18.3 Å². The van der Waals surface area contributed by atoms with Crippen molar-refractivity contribution >= 4 is 23.7 Å². The summed E-state index contributed by atoms with van der Waals surface area (Å²) in [7, 11) is 0. The van der Waals surface area contributed by atoms with Crippen LogP contribution < -0.4 is 10.2 Å². The SMILES string of the molecule is C[C@@H]1COCCN1c1cc(C2CCCOC2)c(C=N)c(Nc2ccn[nH]2)n1. The lowest BCUT2D eigenvalue weighted by molar-refractivity contribution is 0.0803. The molecule has 0 spiro atoms. The van der Waals surface area contributed by atoms with E-state index in [2.05, 4.69) is 33.4 Å². The lowest BCUT2D eigenvalue weighted by Crippen LogP contribution is -2.44. The first-order valence-electron chi connectivity index (χ1n) is 9.50. The molecule has 0 radical (unpaired) electrons. The van der Waals surface area contributed by atoms with Gasteiger partial charge in [-0.2, -0.15) is 5.10 Å². The Morgan fingerprint density at radius 1 is 1.33 bits per heavy atom. The molecule has 0 amide bonds. The number of H-pyrrole nitrogens is 1. The van der Waals surface area contributed by atoms with Gasteiger partial charge in [-0.3, -0.25) is 5.10 Å². The Labute approximate surface area is 158 Å². The van der Waals surface area contributed by atoms with Crippen molar-refractivity contribution in [1.82, 2.24) is 15.2 Å². The molecule has 4 rings (SSSR count). The van der Waals surface area contributed by atoms with Crippen molar-refractivity contribution in [1.29, 1.82) is 5.41 Å². The van der Waals surface area contributed by atoms with Crippen LogP contribution >= 0.6 is 0 Å². The second kappa shape index (κ2) is 8.06. The van der Waals surface area contributed by atoms with Gasteiger partial charge in [-0.15, -0.1) is 0 Å². The van der Waals surface area contributed by atoms with Gasteiger partial charge >= 0.3 is 0 Å². The van der Waals surface area contributed by atoms with E-state index in [0.29, 0.717) is 25.6 Å². The molecule has 0 bridgehead atoms. The molecular weight excluding hydrogens is 344 g/mol. The molecule has 27 heavy (non-hydrogen) atoms. The molecule has 2 aliphatic heterocycles. The van der Waals surface area contributed by atoms with Gasteiger partial charge in [0.15, 0.2) is 0 Å². The molecule has 0 aromatic carbocycles. The van der Waals surface area contributed by atoms with Gasteiger partial charge in [0.2, 0.25) is 0 Å². The number of hydrogen-bond donors (Lipinski definition) is 3. The number of ether oxygens (including phenoxy) is 2. The zero-order chi connectivity index (χ0) is 18.6. The van der Waals surface area contributed by atoms with E-state index < -0.39 is 0 Å². The molecule has 3 N–H and O–H groups in total. The molecule has 0 saturated carbocycles. The van der Waals surface area contributed by atoms with Crippen LogP contribution in [0, 0.1) is 5.41 Å². The average molecular weight is 370 g/mol. The van der Waals surface area contributed by atoms with Crippen molar-refractivity contribution in [3.8, 4) is 0 Å². The lowest BCUT2D eigenvalue weighted by Gasteiger charge is -2.35. The van der Waals surface area contributed by atoms with Gasteiger partial charge in [0.25, 0.3) is 0 Å². The van der Waals surface area contributed by atoms with E-state index >= 15 is 0 Å². The van der Waals surface area contributed by atoms with Crippen molar-refractivity contribution in [3.05, 3.63) is 29.5 Å². The fraction of sp³-hybridized carbons (Fsp3) is 0.526. The molecule has 2 aromatic rings. The highest BCUT2D eigenvalue weighted by Gasteiger charge is 2.26. The fourth-order valence-electron chi connectivity index (χ4n) is 3.80. The van der Waals surface area contributed by atoms with Crippen LogP contribution in [0.1, 0.15) is 36.8 Å². The molecule has 2 atom stereocenters. The number of aromatic nitrogens is 3. The summed E-state index contributed by atoms with van der Waals surface area (Å²) in [6.45, 7) is 5.85. The zero-order valence-electron chi connectivity index (χ0n) is 15.6. The third kappa shape index (κ3) is 3.81. The number of nitrogens with zero attached hydrogens (tertiary/aromatic N) is 3. The quantitative estimate of drug-likeness (QED) is 0.700. The smallest absolute Gasteiger partial charge is 0.143 e.